The minimum atomic E-state index is -0.583. The molecule has 0 radical (unpaired) electrons. The van der Waals surface area contributed by atoms with Crippen LogP contribution in [0.3, 0.4) is 0 Å². The number of aromatic nitrogens is 2. The fourth-order valence-electron chi connectivity index (χ4n) is 4.93. The quantitative estimate of drug-likeness (QED) is 0.113. The van der Waals surface area contributed by atoms with Gasteiger partial charge in [0, 0.05) is 36.0 Å². The van der Waals surface area contributed by atoms with Crippen LogP contribution in [0.25, 0.3) is 23.0 Å². The third kappa shape index (κ3) is 6.86. The number of benzene rings is 3. The van der Waals surface area contributed by atoms with Crippen LogP contribution < -0.4 is 4.74 Å². The van der Waals surface area contributed by atoms with Gasteiger partial charge in [0.05, 0.1) is 11.8 Å². The molecule has 3 aromatic carbocycles. The van der Waals surface area contributed by atoms with E-state index in [4.69, 9.17) is 14.6 Å². The molecule has 4 aromatic rings. The second kappa shape index (κ2) is 13.8. The van der Waals surface area contributed by atoms with E-state index in [2.05, 4.69) is 0 Å². The summed E-state index contributed by atoms with van der Waals surface area (Å²) >= 11 is 0. The highest BCUT2D eigenvalue weighted by Gasteiger charge is 2.35. The molecule has 0 fully saturated rings. The topological polar surface area (TPSA) is 97.5 Å². The summed E-state index contributed by atoms with van der Waals surface area (Å²) in [7, 11) is 0. The lowest BCUT2D eigenvalue weighted by atomic mass is 9.93. The molecular weight excluding hydrogens is 552 g/mol. The van der Waals surface area contributed by atoms with Crippen molar-refractivity contribution in [2.24, 2.45) is 0 Å². The average molecular weight is 587 g/mol. The monoisotopic (exact) mass is 586 g/mol. The molecule has 5 rings (SSSR count). The smallest absolute Gasteiger partial charge is 0.271 e. The minimum absolute atomic E-state index is 0.0387. The molecule has 0 N–H and O–H groups in total. The largest absolute Gasteiger partial charge is 0.489 e. The van der Waals surface area contributed by atoms with Crippen molar-refractivity contribution in [1.29, 1.82) is 5.26 Å². The fourth-order valence-corrected chi connectivity index (χ4v) is 4.93. The van der Waals surface area contributed by atoms with Gasteiger partial charge < -0.3 is 9.47 Å². The predicted molar refractivity (Wildman–Crippen MR) is 168 cm³/mol. The van der Waals surface area contributed by atoms with E-state index in [1.807, 2.05) is 111 Å². The molecule has 0 saturated carbocycles. The Morgan fingerprint density at radius 2 is 1.68 bits per heavy atom. The Kier molecular flexibility index (Phi) is 9.48. The summed E-state index contributed by atoms with van der Waals surface area (Å²) in [5.41, 5.74) is 4.54. The lowest BCUT2D eigenvalue weighted by molar-refractivity contribution is -0.140. The number of hydrogen-bond acceptors (Lipinski definition) is 6. The lowest BCUT2D eigenvalue weighted by Gasteiger charge is -2.27. The van der Waals surface area contributed by atoms with Gasteiger partial charge in [0.1, 0.15) is 29.7 Å². The first-order valence-electron chi connectivity index (χ1n) is 14.6. The molecule has 0 bridgehead atoms. The van der Waals surface area contributed by atoms with Crippen LogP contribution in [0.2, 0.25) is 0 Å². The van der Waals surface area contributed by atoms with E-state index in [-0.39, 0.29) is 23.8 Å². The normalized spacial score (nSPS) is 14.4. The summed E-state index contributed by atoms with van der Waals surface area (Å²) in [4.78, 5) is 28.0. The van der Waals surface area contributed by atoms with E-state index >= 15 is 0 Å². The van der Waals surface area contributed by atoms with Crippen LogP contribution in [0.1, 0.15) is 38.3 Å². The highest BCUT2D eigenvalue weighted by atomic mass is 16.5. The van der Waals surface area contributed by atoms with Crippen LogP contribution in [-0.2, 0) is 20.9 Å². The maximum Gasteiger partial charge on any atom is 0.271 e. The number of rotatable bonds is 11. The van der Waals surface area contributed by atoms with Crippen LogP contribution in [0.4, 0.5) is 0 Å². The summed E-state index contributed by atoms with van der Waals surface area (Å²) < 4.78 is 13.4. The maximum absolute atomic E-state index is 13.7. The zero-order chi connectivity index (χ0) is 31.1. The van der Waals surface area contributed by atoms with Crippen molar-refractivity contribution in [3.63, 3.8) is 0 Å². The Morgan fingerprint density at radius 3 is 2.39 bits per heavy atom. The first kappa shape index (κ1) is 30.2. The van der Waals surface area contributed by atoms with Gasteiger partial charge in [0.25, 0.3) is 11.8 Å². The number of carbonyl (C=O) groups excluding carboxylic acids is 2. The first-order chi connectivity index (χ1) is 21.4. The van der Waals surface area contributed by atoms with E-state index in [9.17, 15) is 14.9 Å². The van der Waals surface area contributed by atoms with E-state index < -0.39 is 11.8 Å². The van der Waals surface area contributed by atoms with E-state index in [0.717, 1.165) is 21.7 Å². The molecule has 44 heavy (non-hydrogen) atoms. The number of para-hydroxylation sites is 1. The average Bonchev–Trinajstić information content (AvgIpc) is 3.47. The molecule has 1 aliphatic rings. The van der Waals surface area contributed by atoms with Crippen molar-refractivity contribution in [3.05, 3.63) is 119 Å². The maximum atomic E-state index is 13.7. The molecule has 0 aliphatic carbocycles. The van der Waals surface area contributed by atoms with Crippen LogP contribution in [-0.4, -0.2) is 45.8 Å². The van der Waals surface area contributed by atoms with Crippen LogP contribution in [0, 0.1) is 11.3 Å². The highest BCUT2D eigenvalue weighted by Crippen LogP contribution is 2.32. The second-order valence-electron chi connectivity index (χ2n) is 10.7. The van der Waals surface area contributed by atoms with E-state index in [1.54, 1.807) is 17.7 Å². The van der Waals surface area contributed by atoms with Gasteiger partial charge in [-0.3, -0.25) is 14.5 Å². The second-order valence-corrected chi connectivity index (χ2v) is 10.7. The highest BCUT2D eigenvalue weighted by molar-refractivity contribution is 6.19. The van der Waals surface area contributed by atoms with Gasteiger partial charge in [0.15, 0.2) is 0 Å². The number of nitriles is 1. The Balaban J connectivity index is 1.54. The lowest BCUT2D eigenvalue weighted by Crippen LogP contribution is -2.43. The molecule has 0 unspecified atom stereocenters. The molecule has 2 amide bonds. The summed E-state index contributed by atoms with van der Waals surface area (Å²) in [5, 5.41) is 14.8. The number of hydrogen-bond donors (Lipinski definition) is 0. The Bertz CT molecular complexity index is 1750. The van der Waals surface area contributed by atoms with E-state index in [0.29, 0.717) is 42.2 Å². The van der Waals surface area contributed by atoms with Crippen molar-refractivity contribution < 1.29 is 19.1 Å². The van der Waals surface area contributed by atoms with Crippen molar-refractivity contribution in [1.82, 2.24) is 14.7 Å². The summed E-state index contributed by atoms with van der Waals surface area (Å²) in [5.74, 6) is -0.356. The van der Waals surface area contributed by atoms with Crippen molar-refractivity contribution in [2.75, 3.05) is 13.2 Å². The molecule has 0 spiro atoms. The first-order valence-corrected chi connectivity index (χ1v) is 14.6. The van der Waals surface area contributed by atoms with Gasteiger partial charge in [-0.05, 0) is 68.7 Å². The molecule has 8 nitrogen and oxygen atoms in total. The zero-order valence-electron chi connectivity index (χ0n) is 25.1. The van der Waals surface area contributed by atoms with Crippen molar-refractivity contribution in [3.8, 4) is 28.8 Å². The Morgan fingerprint density at radius 1 is 0.955 bits per heavy atom. The molecule has 1 aromatic heterocycles. The van der Waals surface area contributed by atoms with Gasteiger partial charge in [-0.15, -0.1) is 0 Å². The third-order valence-electron chi connectivity index (χ3n) is 7.22. The summed E-state index contributed by atoms with van der Waals surface area (Å²) in [6.45, 7) is 6.46. The number of amides is 2. The number of imide groups is 1. The van der Waals surface area contributed by atoms with E-state index in [1.165, 1.54) is 0 Å². The molecule has 222 valence electrons. The molecule has 0 atom stereocenters. The molecule has 0 saturated heterocycles. The Labute approximate surface area is 257 Å². The van der Waals surface area contributed by atoms with Gasteiger partial charge >= 0.3 is 0 Å². The summed E-state index contributed by atoms with van der Waals surface area (Å²) in [6, 6.07) is 29.3. The standard InChI is InChI=1S/C36H34N4O4/c1-25(2)43-19-11-18-39-35(41)32(26(3)33(22-37)36(39)42)21-29-23-40(30-15-8-5-9-16-30)38-34(29)28-14-10-17-31(20-28)44-24-27-12-6-4-7-13-27/h4-10,12-17,20-21,23,25H,11,18-19,24H2,1-3H3/b32-21+. The molecule has 8 heteroatoms. The number of carbonyl (C=O) groups is 2. The Hall–Kier alpha value is -5.26. The fraction of sp³-hybridized carbons (Fsp3) is 0.222. The van der Waals surface area contributed by atoms with Crippen LogP contribution >= 0.6 is 0 Å². The van der Waals surface area contributed by atoms with Crippen molar-refractivity contribution >= 4 is 17.9 Å². The third-order valence-corrected chi connectivity index (χ3v) is 7.22. The van der Waals surface area contributed by atoms with Gasteiger partial charge in [0.2, 0.25) is 0 Å². The molecular formula is C36H34N4O4. The van der Waals surface area contributed by atoms with Crippen LogP contribution in [0.5, 0.6) is 5.75 Å². The van der Waals surface area contributed by atoms with Crippen LogP contribution in [0.15, 0.2) is 108 Å². The zero-order valence-corrected chi connectivity index (χ0v) is 25.1. The summed E-state index contributed by atoms with van der Waals surface area (Å²) in [6.07, 6.45) is 4.07. The number of ether oxygens (including phenoxy) is 2. The van der Waals surface area contributed by atoms with Gasteiger partial charge in [-0.1, -0.05) is 60.7 Å². The SMILES string of the molecule is CC1=C(C#N)C(=O)N(CCCOC(C)C)C(=O)/C1=C/c1cn(-c2ccccc2)nc1-c1cccc(OCc2ccccc2)c1. The van der Waals surface area contributed by atoms with Crippen molar-refractivity contribution in [2.45, 2.75) is 39.9 Å². The number of nitrogens with zero attached hydrogens (tertiary/aromatic N) is 4. The van der Waals surface area contributed by atoms with Gasteiger partial charge in [-0.2, -0.15) is 10.4 Å². The van der Waals surface area contributed by atoms with Gasteiger partial charge in [-0.25, -0.2) is 4.68 Å². The molecule has 2 heterocycles. The molecule has 1 aliphatic heterocycles. The minimum Gasteiger partial charge on any atom is -0.489 e. The predicted octanol–water partition coefficient (Wildman–Crippen LogP) is 6.53.